The molecule has 0 aromatic rings. The van der Waals surface area contributed by atoms with Crippen molar-refractivity contribution in [2.75, 3.05) is 14.2 Å². The summed E-state index contributed by atoms with van der Waals surface area (Å²) in [5, 5.41) is 17.4. The van der Waals surface area contributed by atoms with Crippen LogP contribution in [-0.4, -0.2) is 26.4 Å². The molecular weight excluding hydrogens is 284 g/mol. The second-order valence-electron chi connectivity index (χ2n) is 3.33. The molecule has 1 rings (SSSR count). The third-order valence-electron chi connectivity index (χ3n) is 2.31. The molecule has 0 aromatic carbocycles. The van der Waals surface area contributed by atoms with Gasteiger partial charge in [-0.1, -0.05) is 15.9 Å². The van der Waals surface area contributed by atoms with Crippen molar-refractivity contribution in [3.05, 3.63) is 33.9 Å². The monoisotopic (exact) mass is 294 g/mol. The average molecular weight is 295 g/mol. The summed E-state index contributed by atoms with van der Waals surface area (Å²) in [6.45, 7) is 0. The lowest BCUT2D eigenvalue weighted by atomic mass is 10.0. The first kappa shape index (κ1) is 13.7. The molecule has 0 amide bonds. The molecule has 0 fully saturated rings. The molecule has 0 aliphatic heterocycles. The molecule has 2 unspecified atom stereocenters. The van der Waals surface area contributed by atoms with Crippen molar-refractivity contribution in [3.8, 4) is 12.1 Å². The summed E-state index contributed by atoms with van der Waals surface area (Å²) in [6.07, 6.45) is 4.68. The fourth-order valence-corrected chi connectivity index (χ4v) is 2.22. The van der Waals surface area contributed by atoms with E-state index in [0.29, 0.717) is 0 Å². The maximum atomic E-state index is 8.69. The molecule has 1 aliphatic rings. The van der Waals surface area contributed by atoms with Gasteiger partial charge in [0.1, 0.15) is 29.9 Å². The van der Waals surface area contributed by atoms with Gasteiger partial charge in [-0.05, 0) is 23.8 Å². The van der Waals surface area contributed by atoms with Crippen molar-refractivity contribution in [2.45, 2.75) is 12.2 Å². The van der Waals surface area contributed by atoms with E-state index in [9.17, 15) is 0 Å². The Labute approximate surface area is 109 Å². The Kier molecular flexibility index (Phi) is 5.11. The molecule has 4 nitrogen and oxygen atoms in total. The van der Waals surface area contributed by atoms with Gasteiger partial charge in [0.25, 0.3) is 0 Å². The van der Waals surface area contributed by atoms with Crippen LogP contribution in [0.15, 0.2) is 33.9 Å². The van der Waals surface area contributed by atoms with Crippen LogP contribution in [0.3, 0.4) is 0 Å². The summed E-state index contributed by atoms with van der Waals surface area (Å²) in [7, 11) is 3.17. The van der Waals surface area contributed by atoms with Crippen molar-refractivity contribution >= 4 is 15.9 Å². The highest BCUT2D eigenvalue weighted by Gasteiger charge is 2.25. The number of nitriles is 2. The SMILES string of the molecule is COC1C=C(C=C(C#N)C#N)C=C(Br)C1OC. The molecule has 0 saturated heterocycles. The van der Waals surface area contributed by atoms with E-state index in [0.717, 1.165) is 10.1 Å². The van der Waals surface area contributed by atoms with Gasteiger partial charge in [0.05, 0.1) is 0 Å². The summed E-state index contributed by atoms with van der Waals surface area (Å²) in [5.74, 6) is 0. The van der Waals surface area contributed by atoms with E-state index in [1.165, 1.54) is 6.08 Å². The molecule has 0 bridgehead atoms. The van der Waals surface area contributed by atoms with Crippen molar-refractivity contribution in [2.24, 2.45) is 0 Å². The average Bonchev–Trinajstić information content (AvgIpc) is 2.35. The predicted octanol–water partition coefficient (Wildman–Crippen LogP) is 2.21. The highest BCUT2D eigenvalue weighted by Crippen LogP contribution is 2.27. The van der Waals surface area contributed by atoms with Gasteiger partial charge < -0.3 is 9.47 Å². The van der Waals surface area contributed by atoms with Crippen LogP contribution < -0.4 is 0 Å². The molecule has 88 valence electrons. The van der Waals surface area contributed by atoms with Crippen molar-refractivity contribution in [3.63, 3.8) is 0 Å². The number of halogens is 1. The fraction of sp³-hybridized carbons (Fsp3) is 0.333. The topological polar surface area (TPSA) is 66.0 Å². The highest BCUT2D eigenvalue weighted by molar-refractivity contribution is 9.11. The van der Waals surface area contributed by atoms with Crippen LogP contribution in [0.5, 0.6) is 0 Å². The van der Waals surface area contributed by atoms with E-state index in [1.54, 1.807) is 20.3 Å². The fourth-order valence-electron chi connectivity index (χ4n) is 1.51. The summed E-state index contributed by atoms with van der Waals surface area (Å²) < 4.78 is 11.4. The Balaban J connectivity index is 3.06. The summed E-state index contributed by atoms with van der Waals surface area (Å²) in [5.41, 5.74) is 0.800. The predicted molar refractivity (Wildman–Crippen MR) is 66.0 cm³/mol. The minimum absolute atomic E-state index is 0.0542. The van der Waals surface area contributed by atoms with Gasteiger partial charge in [-0.2, -0.15) is 10.5 Å². The van der Waals surface area contributed by atoms with Gasteiger partial charge in [-0.3, -0.25) is 0 Å². The van der Waals surface area contributed by atoms with Gasteiger partial charge in [0.15, 0.2) is 0 Å². The van der Waals surface area contributed by atoms with Gasteiger partial charge in [0, 0.05) is 18.7 Å². The Morgan fingerprint density at radius 2 is 2.00 bits per heavy atom. The number of methoxy groups -OCH3 is 2. The highest BCUT2D eigenvalue weighted by atomic mass is 79.9. The van der Waals surface area contributed by atoms with Crippen molar-refractivity contribution < 1.29 is 9.47 Å². The molecule has 0 aromatic heterocycles. The molecular formula is C12H11BrN2O2. The molecule has 5 heteroatoms. The summed E-state index contributed by atoms with van der Waals surface area (Å²) in [6, 6.07) is 3.63. The first-order chi connectivity index (χ1) is 8.15. The first-order valence-corrected chi connectivity index (χ1v) is 5.62. The molecule has 0 radical (unpaired) electrons. The van der Waals surface area contributed by atoms with Crippen LogP contribution in [0.25, 0.3) is 0 Å². The number of nitrogens with zero attached hydrogens (tertiary/aromatic N) is 2. The molecule has 0 spiro atoms. The van der Waals surface area contributed by atoms with Crippen LogP contribution in [-0.2, 0) is 9.47 Å². The van der Waals surface area contributed by atoms with E-state index in [-0.39, 0.29) is 17.8 Å². The smallest absolute Gasteiger partial charge is 0.130 e. The van der Waals surface area contributed by atoms with Crippen LogP contribution in [0, 0.1) is 22.7 Å². The Hall–Kier alpha value is -1.40. The zero-order valence-electron chi connectivity index (χ0n) is 9.48. The lowest BCUT2D eigenvalue weighted by Gasteiger charge is -2.26. The van der Waals surface area contributed by atoms with Crippen LogP contribution in [0.1, 0.15) is 0 Å². The standard InChI is InChI=1S/C12H11BrN2O2/c1-16-11-5-8(3-9(6-14)7-15)4-10(13)12(11)17-2/h3-5,11-12H,1-2H3. The quantitative estimate of drug-likeness (QED) is 0.749. The molecule has 2 atom stereocenters. The normalized spacial score (nSPS) is 22.9. The van der Waals surface area contributed by atoms with E-state index in [2.05, 4.69) is 15.9 Å². The number of hydrogen-bond donors (Lipinski definition) is 0. The second kappa shape index (κ2) is 6.36. The van der Waals surface area contributed by atoms with Crippen molar-refractivity contribution in [1.29, 1.82) is 10.5 Å². The zero-order chi connectivity index (χ0) is 12.8. The number of ether oxygens (including phenoxy) is 2. The third kappa shape index (κ3) is 3.28. The van der Waals surface area contributed by atoms with Gasteiger partial charge >= 0.3 is 0 Å². The second-order valence-corrected chi connectivity index (χ2v) is 4.25. The Bertz CT molecular complexity index is 450. The lowest BCUT2D eigenvalue weighted by Crippen LogP contribution is -2.30. The van der Waals surface area contributed by atoms with Crippen LogP contribution in [0.4, 0.5) is 0 Å². The largest absolute Gasteiger partial charge is 0.374 e. The first-order valence-electron chi connectivity index (χ1n) is 4.82. The molecule has 1 aliphatic carbocycles. The van der Waals surface area contributed by atoms with Crippen molar-refractivity contribution in [1.82, 2.24) is 0 Å². The maximum Gasteiger partial charge on any atom is 0.130 e. The maximum absolute atomic E-state index is 8.69. The van der Waals surface area contributed by atoms with Gasteiger partial charge in [0.2, 0.25) is 0 Å². The summed E-state index contributed by atoms with van der Waals surface area (Å²) >= 11 is 3.39. The van der Waals surface area contributed by atoms with Gasteiger partial charge in [-0.25, -0.2) is 0 Å². The molecule has 0 heterocycles. The molecule has 0 saturated carbocycles. The van der Waals surface area contributed by atoms with Crippen LogP contribution >= 0.6 is 15.9 Å². The van der Waals surface area contributed by atoms with Gasteiger partial charge in [-0.15, -0.1) is 0 Å². The lowest BCUT2D eigenvalue weighted by molar-refractivity contribution is 0.0120. The third-order valence-corrected chi connectivity index (χ3v) is 2.99. The number of hydrogen-bond acceptors (Lipinski definition) is 4. The number of rotatable bonds is 3. The molecule has 17 heavy (non-hydrogen) atoms. The Morgan fingerprint density at radius 3 is 2.47 bits per heavy atom. The van der Waals surface area contributed by atoms with Crippen LogP contribution in [0.2, 0.25) is 0 Å². The Morgan fingerprint density at radius 1 is 1.35 bits per heavy atom. The minimum Gasteiger partial charge on any atom is -0.374 e. The van der Waals surface area contributed by atoms with E-state index in [1.807, 2.05) is 18.2 Å². The van der Waals surface area contributed by atoms with E-state index in [4.69, 9.17) is 20.0 Å². The minimum atomic E-state index is -0.246. The van der Waals surface area contributed by atoms with E-state index < -0.39 is 0 Å². The number of allylic oxidation sites excluding steroid dienone is 4. The summed E-state index contributed by atoms with van der Waals surface area (Å²) in [4.78, 5) is 0. The zero-order valence-corrected chi connectivity index (χ0v) is 11.1. The van der Waals surface area contributed by atoms with E-state index >= 15 is 0 Å². The molecule has 0 N–H and O–H groups in total.